The number of imidazole rings is 1. The van der Waals surface area contributed by atoms with Crippen molar-refractivity contribution in [1.29, 1.82) is 0 Å². The van der Waals surface area contributed by atoms with Crippen LogP contribution in [0.15, 0.2) is 23.0 Å². The van der Waals surface area contributed by atoms with Gasteiger partial charge in [0.2, 0.25) is 5.76 Å². The van der Waals surface area contributed by atoms with E-state index in [1.54, 1.807) is 12.3 Å². The van der Waals surface area contributed by atoms with Gasteiger partial charge in [0.05, 0.1) is 11.7 Å². The van der Waals surface area contributed by atoms with Gasteiger partial charge in [0, 0.05) is 43.4 Å². The molecule has 1 fully saturated rings. The van der Waals surface area contributed by atoms with Crippen molar-refractivity contribution in [2.45, 2.75) is 52.5 Å². The average Bonchev–Trinajstić information content (AvgIpc) is 3.16. The maximum absolute atomic E-state index is 12.9. The van der Waals surface area contributed by atoms with Crippen molar-refractivity contribution in [1.82, 2.24) is 19.6 Å². The molecule has 1 aliphatic rings. The number of aromatic nitrogens is 3. The highest BCUT2D eigenvalue weighted by molar-refractivity contribution is 5.92. The fraction of sp³-hybridized carbons (Fsp3) is 0.611. The van der Waals surface area contributed by atoms with E-state index in [0.29, 0.717) is 18.2 Å². The molecule has 6 heteroatoms. The Morgan fingerprint density at radius 1 is 1.42 bits per heavy atom. The zero-order chi connectivity index (χ0) is 17.5. The van der Waals surface area contributed by atoms with Gasteiger partial charge < -0.3 is 14.0 Å². The van der Waals surface area contributed by atoms with Gasteiger partial charge in [-0.25, -0.2) is 4.98 Å². The number of carbonyl (C=O) groups is 1. The summed E-state index contributed by atoms with van der Waals surface area (Å²) in [5.74, 6) is 1.46. The molecule has 0 spiro atoms. The van der Waals surface area contributed by atoms with Crippen LogP contribution in [0.4, 0.5) is 0 Å². The monoisotopic (exact) mass is 330 g/mol. The minimum atomic E-state index is -0.105. The highest BCUT2D eigenvalue weighted by Gasteiger charge is 2.51. The molecule has 0 saturated carbocycles. The van der Waals surface area contributed by atoms with Crippen molar-refractivity contribution in [3.8, 4) is 0 Å². The van der Waals surface area contributed by atoms with Gasteiger partial charge in [-0.05, 0) is 12.8 Å². The van der Waals surface area contributed by atoms with E-state index in [0.717, 1.165) is 24.4 Å². The van der Waals surface area contributed by atoms with Crippen LogP contribution in [0.3, 0.4) is 0 Å². The van der Waals surface area contributed by atoms with Crippen molar-refractivity contribution < 1.29 is 9.32 Å². The van der Waals surface area contributed by atoms with E-state index < -0.39 is 0 Å². The summed E-state index contributed by atoms with van der Waals surface area (Å²) in [6, 6.07) is 1.76. The van der Waals surface area contributed by atoms with Crippen molar-refractivity contribution in [3.05, 3.63) is 35.7 Å². The predicted octanol–water partition coefficient (Wildman–Crippen LogP) is 3.54. The lowest BCUT2D eigenvalue weighted by atomic mass is 9.74. The Labute approximate surface area is 142 Å². The second-order valence-electron chi connectivity index (χ2n) is 7.35. The maximum atomic E-state index is 12.9. The van der Waals surface area contributed by atoms with Crippen molar-refractivity contribution in [2.24, 2.45) is 12.5 Å². The van der Waals surface area contributed by atoms with Crippen LogP contribution in [0.5, 0.6) is 0 Å². The molecule has 24 heavy (non-hydrogen) atoms. The van der Waals surface area contributed by atoms with E-state index in [9.17, 15) is 4.79 Å². The Morgan fingerprint density at radius 2 is 2.12 bits per heavy atom. The number of carbonyl (C=O) groups excluding carboxylic acids is 1. The fourth-order valence-corrected chi connectivity index (χ4v) is 3.68. The molecule has 1 saturated heterocycles. The third-order valence-electron chi connectivity index (χ3n) is 5.14. The molecule has 1 amide bonds. The first-order valence-corrected chi connectivity index (χ1v) is 8.63. The smallest absolute Gasteiger partial charge is 0.293 e. The van der Waals surface area contributed by atoms with E-state index >= 15 is 0 Å². The first kappa shape index (κ1) is 16.7. The first-order valence-electron chi connectivity index (χ1n) is 8.63. The molecule has 1 aliphatic heterocycles. The summed E-state index contributed by atoms with van der Waals surface area (Å²) in [6.07, 6.45) is 5.66. The van der Waals surface area contributed by atoms with Crippen LogP contribution < -0.4 is 0 Å². The molecule has 0 aliphatic carbocycles. The Morgan fingerprint density at radius 3 is 2.67 bits per heavy atom. The third-order valence-corrected chi connectivity index (χ3v) is 5.14. The number of aryl methyl sites for hydroxylation is 1. The SMILES string of the molecule is CCC(CC)c1cc(C(=O)N2CC(C)(C)C2c2nccn2C)on1. The zero-order valence-corrected chi connectivity index (χ0v) is 15.1. The fourth-order valence-electron chi connectivity index (χ4n) is 3.68. The molecule has 2 aromatic heterocycles. The van der Waals surface area contributed by atoms with Crippen LogP contribution in [0.25, 0.3) is 0 Å². The van der Waals surface area contributed by atoms with Gasteiger partial charge in [-0.2, -0.15) is 0 Å². The minimum absolute atomic E-state index is 0.00695. The van der Waals surface area contributed by atoms with E-state index in [2.05, 4.69) is 37.8 Å². The lowest BCUT2D eigenvalue weighted by Crippen LogP contribution is -2.58. The molecule has 2 aromatic rings. The lowest BCUT2D eigenvalue weighted by Gasteiger charge is -2.53. The number of likely N-dealkylation sites (tertiary alicyclic amines) is 1. The van der Waals surface area contributed by atoms with E-state index in [-0.39, 0.29) is 17.4 Å². The molecule has 1 atom stereocenters. The van der Waals surface area contributed by atoms with Crippen molar-refractivity contribution in [3.63, 3.8) is 0 Å². The molecular formula is C18H26N4O2. The second-order valence-corrected chi connectivity index (χ2v) is 7.35. The van der Waals surface area contributed by atoms with Gasteiger partial charge >= 0.3 is 0 Å². The summed E-state index contributed by atoms with van der Waals surface area (Å²) >= 11 is 0. The van der Waals surface area contributed by atoms with Gasteiger partial charge in [-0.3, -0.25) is 4.79 Å². The van der Waals surface area contributed by atoms with Crippen LogP contribution in [0, 0.1) is 5.41 Å². The number of rotatable bonds is 5. The molecule has 6 nitrogen and oxygen atoms in total. The van der Waals surface area contributed by atoms with Crippen molar-refractivity contribution >= 4 is 5.91 Å². The van der Waals surface area contributed by atoms with Crippen molar-refractivity contribution in [2.75, 3.05) is 6.54 Å². The summed E-state index contributed by atoms with van der Waals surface area (Å²) < 4.78 is 7.34. The normalized spacial score (nSPS) is 19.6. The minimum Gasteiger partial charge on any atom is -0.351 e. The standard InChI is InChI=1S/C18H26N4O2/c1-6-12(7-2)13-10-14(24-20-13)17(23)22-11-18(3,4)15(22)16-19-8-9-21(16)5/h8-10,12,15H,6-7,11H2,1-5H3. The highest BCUT2D eigenvalue weighted by Crippen LogP contribution is 2.48. The molecule has 1 unspecified atom stereocenters. The molecule has 0 radical (unpaired) electrons. The number of hydrogen-bond acceptors (Lipinski definition) is 4. The molecular weight excluding hydrogens is 304 g/mol. The molecule has 0 bridgehead atoms. The predicted molar refractivity (Wildman–Crippen MR) is 90.6 cm³/mol. The van der Waals surface area contributed by atoms with E-state index in [1.807, 2.05) is 22.7 Å². The number of hydrogen-bond donors (Lipinski definition) is 0. The Kier molecular flexibility index (Phi) is 4.24. The Bertz CT molecular complexity index is 727. The largest absolute Gasteiger partial charge is 0.351 e. The summed E-state index contributed by atoms with van der Waals surface area (Å²) in [5, 5.41) is 4.12. The second kappa shape index (κ2) is 6.07. The van der Waals surface area contributed by atoms with Gasteiger partial charge in [-0.15, -0.1) is 0 Å². The average molecular weight is 330 g/mol. The third kappa shape index (κ3) is 2.64. The number of amides is 1. The van der Waals surface area contributed by atoms with Crippen LogP contribution in [0.2, 0.25) is 0 Å². The van der Waals surface area contributed by atoms with E-state index in [4.69, 9.17) is 4.52 Å². The molecule has 3 heterocycles. The molecule has 130 valence electrons. The van der Waals surface area contributed by atoms with Crippen LogP contribution in [-0.2, 0) is 7.05 Å². The van der Waals surface area contributed by atoms with Gasteiger partial charge in [-0.1, -0.05) is 32.9 Å². The molecule has 0 aromatic carbocycles. The van der Waals surface area contributed by atoms with Gasteiger partial charge in [0.1, 0.15) is 5.82 Å². The summed E-state index contributed by atoms with van der Waals surface area (Å²) in [5.41, 5.74) is 0.865. The lowest BCUT2D eigenvalue weighted by molar-refractivity contribution is -0.0397. The quantitative estimate of drug-likeness (QED) is 0.841. The summed E-state index contributed by atoms with van der Waals surface area (Å²) in [4.78, 5) is 19.2. The number of nitrogens with zero attached hydrogens (tertiary/aromatic N) is 4. The highest BCUT2D eigenvalue weighted by atomic mass is 16.5. The van der Waals surface area contributed by atoms with Gasteiger partial charge in [0.25, 0.3) is 5.91 Å². The van der Waals surface area contributed by atoms with Crippen LogP contribution in [-0.4, -0.2) is 32.1 Å². The summed E-state index contributed by atoms with van der Waals surface area (Å²) in [6.45, 7) is 9.25. The van der Waals surface area contributed by atoms with Gasteiger partial charge in [0.15, 0.2) is 0 Å². The van der Waals surface area contributed by atoms with E-state index in [1.165, 1.54) is 0 Å². The molecule has 3 rings (SSSR count). The van der Waals surface area contributed by atoms with Crippen LogP contribution in [0.1, 0.15) is 74.6 Å². The summed E-state index contributed by atoms with van der Waals surface area (Å²) in [7, 11) is 1.96. The zero-order valence-electron chi connectivity index (χ0n) is 15.1. The maximum Gasteiger partial charge on any atom is 0.293 e. The van der Waals surface area contributed by atoms with Crippen LogP contribution >= 0.6 is 0 Å². The Hall–Kier alpha value is -2.11. The molecule has 0 N–H and O–H groups in total. The first-order chi connectivity index (χ1) is 11.4. The Balaban J connectivity index is 1.84. The topological polar surface area (TPSA) is 64.2 Å².